The van der Waals surface area contributed by atoms with Crippen LogP contribution in [0.5, 0.6) is 5.88 Å². The molecule has 0 amide bonds. The third-order valence-electron chi connectivity index (χ3n) is 7.08. The topological polar surface area (TPSA) is 91.8 Å². The van der Waals surface area contributed by atoms with Gasteiger partial charge in [-0.3, -0.25) is 0 Å². The van der Waals surface area contributed by atoms with Gasteiger partial charge in [-0.05, 0) is 63.3 Å². The number of fused-ring (bicyclic) bond motifs is 2. The van der Waals surface area contributed by atoms with Gasteiger partial charge < -0.3 is 19.9 Å². The van der Waals surface area contributed by atoms with Crippen LogP contribution in [-0.4, -0.2) is 62.1 Å². The maximum atomic E-state index is 6.16. The van der Waals surface area contributed by atoms with Gasteiger partial charge in [-0.15, -0.1) is 0 Å². The van der Waals surface area contributed by atoms with Gasteiger partial charge in [0.05, 0.1) is 17.2 Å². The van der Waals surface area contributed by atoms with Crippen LogP contribution >= 0.6 is 0 Å². The molecule has 4 aromatic rings. The summed E-state index contributed by atoms with van der Waals surface area (Å²) >= 11 is 0. The molecular weight excluding hydrogens is 438 g/mol. The second-order valence-electron chi connectivity index (χ2n) is 9.66. The van der Waals surface area contributed by atoms with Gasteiger partial charge in [-0.25, -0.2) is 15.0 Å². The Kier molecular flexibility index (Phi) is 6.04. The highest BCUT2D eigenvalue weighted by molar-refractivity contribution is 5.95. The Balaban J connectivity index is 0.00000160. The lowest BCUT2D eigenvalue weighted by molar-refractivity contribution is 0.110. The molecule has 1 fully saturated rings. The summed E-state index contributed by atoms with van der Waals surface area (Å²) in [4.78, 5) is 24.4. The van der Waals surface area contributed by atoms with E-state index >= 15 is 0 Å². The fourth-order valence-corrected chi connectivity index (χ4v) is 5.01. The number of likely N-dealkylation sites (tertiary alicyclic amines) is 1. The predicted molar refractivity (Wildman–Crippen MR) is 143 cm³/mol. The van der Waals surface area contributed by atoms with E-state index in [0.717, 1.165) is 84.8 Å². The van der Waals surface area contributed by atoms with Gasteiger partial charge in [-0.1, -0.05) is 18.2 Å². The average Bonchev–Trinajstić information content (AvgIpc) is 3.13. The zero-order valence-electron chi connectivity index (χ0n) is 20.1. The normalized spacial score (nSPS) is 18.2. The number of aromatic amines is 1. The molecule has 8 nitrogen and oxygen atoms in total. The number of hydrogen-bond acceptors (Lipinski definition) is 7. The first-order valence-corrected chi connectivity index (χ1v) is 12.6. The van der Waals surface area contributed by atoms with Crippen LogP contribution in [0.4, 0.5) is 5.95 Å². The molecule has 2 N–H and O–H groups in total. The summed E-state index contributed by atoms with van der Waals surface area (Å²) in [6.45, 7) is 2.10. The SMILES string of the molecule is CN1CCC(Oc2cnc3ccc(-c4c[nH]c5nc(NC6CCC=CCC6)ncc45)cc3n2)CC1.[HH].[HH]. The molecule has 0 unspecified atom stereocenters. The fourth-order valence-electron chi connectivity index (χ4n) is 5.01. The van der Waals surface area contributed by atoms with Crippen molar-refractivity contribution in [2.45, 2.75) is 50.7 Å². The molecule has 1 saturated heterocycles. The van der Waals surface area contributed by atoms with E-state index in [4.69, 9.17) is 14.7 Å². The van der Waals surface area contributed by atoms with Crippen molar-refractivity contribution < 1.29 is 7.59 Å². The van der Waals surface area contributed by atoms with E-state index in [1.807, 2.05) is 18.5 Å². The van der Waals surface area contributed by atoms with Crippen molar-refractivity contribution in [2.75, 3.05) is 25.5 Å². The van der Waals surface area contributed by atoms with Gasteiger partial charge in [0.1, 0.15) is 11.8 Å². The molecule has 2 aliphatic rings. The Morgan fingerprint density at radius 2 is 1.83 bits per heavy atom. The molecule has 35 heavy (non-hydrogen) atoms. The molecule has 8 heteroatoms. The van der Waals surface area contributed by atoms with Gasteiger partial charge in [0, 0.05) is 45.3 Å². The third-order valence-corrected chi connectivity index (χ3v) is 7.08. The van der Waals surface area contributed by atoms with E-state index in [1.165, 1.54) is 0 Å². The van der Waals surface area contributed by atoms with Crippen LogP contribution in [0.3, 0.4) is 0 Å². The highest BCUT2D eigenvalue weighted by atomic mass is 16.5. The van der Waals surface area contributed by atoms with Crippen LogP contribution < -0.4 is 10.1 Å². The number of anilines is 1. The summed E-state index contributed by atoms with van der Waals surface area (Å²) < 4.78 is 6.16. The van der Waals surface area contributed by atoms with E-state index in [0.29, 0.717) is 17.9 Å². The summed E-state index contributed by atoms with van der Waals surface area (Å²) in [5, 5.41) is 4.50. The molecule has 1 aromatic carbocycles. The zero-order chi connectivity index (χ0) is 23.6. The van der Waals surface area contributed by atoms with E-state index in [2.05, 4.69) is 56.5 Å². The maximum absolute atomic E-state index is 6.16. The minimum Gasteiger partial charge on any atom is -0.473 e. The molecule has 184 valence electrons. The van der Waals surface area contributed by atoms with Crippen LogP contribution in [0, 0.1) is 0 Å². The van der Waals surface area contributed by atoms with Crippen molar-refractivity contribution in [2.24, 2.45) is 0 Å². The number of nitrogens with zero attached hydrogens (tertiary/aromatic N) is 5. The summed E-state index contributed by atoms with van der Waals surface area (Å²) in [5.41, 5.74) is 4.60. The highest BCUT2D eigenvalue weighted by Gasteiger charge is 2.19. The molecule has 1 aliphatic heterocycles. The van der Waals surface area contributed by atoms with Gasteiger partial charge in [-0.2, -0.15) is 4.98 Å². The Bertz CT molecular complexity index is 1360. The third kappa shape index (κ3) is 4.84. The minimum absolute atomic E-state index is 0. The first-order valence-electron chi connectivity index (χ1n) is 12.6. The second kappa shape index (κ2) is 9.62. The molecule has 0 atom stereocenters. The molecule has 0 radical (unpaired) electrons. The molecule has 3 aromatic heterocycles. The van der Waals surface area contributed by atoms with Crippen molar-refractivity contribution in [1.29, 1.82) is 0 Å². The summed E-state index contributed by atoms with van der Waals surface area (Å²) in [6, 6.07) is 6.55. The molecule has 0 spiro atoms. The van der Waals surface area contributed by atoms with Crippen molar-refractivity contribution in [3.05, 3.63) is 48.9 Å². The number of rotatable bonds is 5. The molecule has 1 aliphatic carbocycles. The van der Waals surface area contributed by atoms with Gasteiger partial charge in [0.2, 0.25) is 11.8 Å². The fraction of sp³-hybridized carbons (Fsp3) is 0.407. The Hall–Kier alpha value is -3.52. The lowest BCUT2D eigenvalue weighted by Gasteiger charge is -2.28. The summed E-state index contributed by atoms with van der Waals surface area (Å²) in [6.07, 6.45) is 16.8. The predicted octanol–water partition coefficient (Wildman–Crippen LogP) is 5.44. The van der Waals surface area contributed by atoms with E-state index in [9.17, 15) is 0 Å². The number of H-pyrrole nitrogens is 1. The number of piperidine rings is 1. The largest absolute Gasteiger partial charge is 0.473 e. The second-order valence-corrected chi connectivity index (χ2v) is 9.66. The quantitative estimate of drug-likeness (QED) is 0.373. The smallest absolute Gasteiger partial charge is 0.233 e. The van der Waals surface area contributed by atoms with Gasteiger partial charge >= 0.3 is 0 Å². The first kappa shape index (κ1) is 22.0. The maximum Gasteiger partial charge on any atom is 0.233 e. The van der Waals surface area contributed by atoms with E-state index < -0.39 is 0 Å². The van der Waals surface area contributed by atoms with Gasteiger partial charge in [0.25, 0.3) is 0 Å². The lowest BCUT2D eigenvalue weighted by atomic mass is 10.1. The molecule has 6 rings (SSSR count). The number of hydrogen-bond donors (Lipinski definition) is 2. The van der Waals surface area contributed by atoms with E-state index in [-0.39, 0.29) is 8.96 Å². The molecule has 0 bridgehead atoms. The number of allylic oxidation sites excluding steroid dienone is 2. The standard InChI is InChI=1S/C27H31N7O.2H2/c1-34-12-10-20(11-13-34)35-25-17-28-23-9-8-18(14-24(23)32-25)21-15-29-26-22(21)16-30-27(33-26)31-19-6-4-2-3-5-7-19;;/h2-3,8-9,14-17,19-20H,4-7,10-13H2,1H3,(H2,29,30,31,33);2*1H. The Morgan fingerprint density at radius 3 is 2.66 bits per heavy atom. The summed E-state index contributed by atoms with van der Waals surface area (Å²) in [5.74, 6) is 1.27. The van der Waals surface area contributed by atoms with Crippen LogP contribution in [0.1, 0.15) is 41.4 Å². The molecule has 0 saturated carbocycles. The number of ether oxygens (including phenoxy) is 1. The number of benzene rings is 1. The van der Waals surface area contributed by atoms with Crippen molar-refractivity contribution in [3.8, 4) is 17.0 Å². The van der Waals surface area contributed by atoms with Crippen LogP contribution in [-0.2, 0) is 0 Å². The summed E-state index contributed by atoms with van der Waals surface area (Å²) in [7, 11) is 2.15. The van der Waals surface area contributed by atoms with Gasteiger partial charge in [0.15, 0.2) is 0 Å². The number of aromatic nitrogens is 5. The zero-order valence-corrected chi connectivity index (χ0v) is 20.1. The number of nitrogens with one attached hydrogen (secondary N) is 2. The van der Waals surface area contributed by atoms with Crippen molar-refractivity contribution in [3.63, 3.8) is 0 Å². The molecular formula is C27H35N7O. The first-order chi connectivity index (χ1) is 17.2. The van der Waals surface area contributed by atoms with Crippen molar-refractivity contribution >= 4 is 28.0 Å². The highest BCUT2D eigenvalue weighted by Crippen LogP contribution is 2.30. The molecule has 4 heterocycles. The minimum atomic E-state index is 0. The average molecular weight is 474 g/mol. The Labute approximate surface area is 207 Å². The van der Waals surface area contributed by atoms with Crippen molar-refractivity contribution in [1.82, 2.24) is 29.8 Å². The van der Waals surface area contributed by atoms with E-state index in [1.54, 1.807) is 6.20 Å². The lowest BCUT2D eigenvalue weighted by Crippen LogP contribution is -2.35. The van der Waals surface area contributed by atoms with Crippen LogP contribution in [0.25, 0.3) is 33.2 Å². The monoisotopic (exact) mass is 473 g/mol. The van der Waals surface area contributed by atoms with Crippen LogP contribution in [0.15, 0.2) is 48.9 Å². The Morgan fingerprint density at radius 1 is 1.00 bits per heavy atom. The van der Waals surface area contributed by atoms with Crippen LogP contribution in [0.2, 0.25) is 0 Å².